The number of hydrogen-bond donors (Lipinski definition) is 0. The number of hydrogen-bond acceptors (Lipinski definition) is 3. The highest BCUT2D eigenvalue weighted by atomic mass is 79.9. The van der Waals surface area contributed by atoms with Gasteiger partial charge in [-0.2, -0.15) is 0 Å². The first kappa shape index (κ1) is 19.9. The largest absolute Gasteiger partial charge is 0.444 e. The molecule has 2 aliphatic heterocycles. The highest BCUT2D eigenvalue weighted by molar-refractivity contribution is 9.10. The van der Waals surface area contributed by atoms with Gasteiger partial charge in [-0.25, -0.2) is 4.79 Å². The van der Waals surface area contributed by atoms with Crippen LogP contribution in [-0.4, -0.2) is 53.6 Å². The van der Waals surface area contributed by atoms with Crippen molar-refractivity contribution in [2.45, 2.75) is 39.2 Å². The standard InChI is InChI=1S/C21H27BrN2O3/c1-20(2,3)27-19(26)23-12-10-21(11-13-23)14-24(15-21)18(25)9-6-16-4-7-17(22)8-5-16/h4-9H,10-15H2,1-3H3/b9-6+. The van der Waals surface area contributed by atoms with Crippen LogP contribution in [0.2, 0.25) is 0 Å². The average molecular weight is 435 g/mol. The van der Waals surface area contributed by atoms with Gasteiger partial charge in [0, 0.05) is 42.1 Å². The Morgan fingerprint density at radius 1 is 1.07 bits per heavy atom. The lowest BCUT2D eigenvalue weighted by atomic mass is 9.72. The zero-order valence-corrected chi connectivity index (χ0v) is 17.8. The third-order valence-corrected chi connectivity index (χ3v) is 5.66. The molecule has 6 heteroatoms. The molecular weight excluding hydrogens is 408 g/mol. The van der Waals surface area contributed by atoms with Crippen LogP contribution in [0.5, 0.6) is 0 Å². The Bertz CT molecular complexity index is 721. The summed E-state index contributed by atoms with van der Waals surface area (Å²) in [6, 6.07) is 7.86. The number of nitrogens with zero attached hydrogens (tertiary/aromatic N) is 2. The maximum atomic E-state index is 12.4. The Hall–Kier alpha value is -1.82. The van der Waals surface area contributed by atoms with Crippen molar-refractivity contribution in [1.82, 2.24) is 9.80 Å². The Labute approximate surface area is 169 Å². The summed E-state index contributed by atoms with van der Waals surface area (Å²) in [6.07, 6.45) is 5.11. The van der Waals surface area contributed by atoms with Gasteiger partial charge in [-0.1, -0.05) is 28.1 Å². The van der Waals surface area contributed by atoms with Gasteiger partial charge in [0.05, 0.1) is 0 Å². The molecule has 1 aromatic rings. The molecule has 0 saturated carbocycles. The van der Waals surface area contributed by atoms with Crippen LogP contribution in [0.3, 0.4) is 0 Å². The molecule has 0 bridgehead atoms. The molecule has 0 N–H and O–H groups in total. The lowest BCUT2D eigenvalue weighted by Crippen LogP contribution is -2.62. The predicted octanol–water partition coefficient (Wildman–Crippen LogP) is 4.32. The fourth-order valence-corrected chi connectivity index (χ4v) is 3.84. The van der Waals surface area contributed by atoms with Gasteiger partial charge in [-0.05, 0) is 57.4 Å². The van der Waals surface area contributed by atoms with Crippen LogP contribution in [0.15, 0.2) is 34.8 Å². The van der Waals surface area contributed by atoms with Crippen LogP contribution < -0.4 is 0 Å². The summed E-state index contributed by atoms with van der Waals surface area (Å²) < 4.78 is 6.47. The highest BCUT2D eigenvalue weighted by Crippen LogP contribution is 2.40. The molecule has 0 aromatic heterocycles. The Morgan fingerprint density at radius 3 is 2.22 bits per heavy atom. The normalized spacial score (nSPS) is 19.3. The van der Waals surface area contributed by atoms with E-state index in [4.69, 9.17) is 4.74 Å². The van der Waals surface area contributed by atoms with Crippen molar-refractivity contribution >= 4 is 34.0 Å². The van der Waals surface area contributed by atoms with Crippen molar-refractivity contribution in [3.05, 3.63) is 40.4 Å². The summed E-state index contributed by atoms with van der Waals surface area (Å²) in [5, 5.41) is 0. The molecule has 1 aromatic carbocycles. The fourth-order valence-electron chi connectivity index (χ4n) is 3.57. The summed E-state index contributed by atoms with van der Waals surface area (Å²) in [6.45, 7) is 8.60. The van der Waals surface area contributed by atoms with Crippen LogP contribution in [-0.2, 0) is 9.53 Å². The van der Waals surface area contributed by atoms with Crippen LogP contribution in [0, 0.1) is 5.41 Å². The molecule has 3 rings (SSSR count). The molecule has 27 heavy (non-hydrogen) atoms. The Balaban J connectivity index is 1.46. The van der Waals surface area contributed by atoms with Gasteiger partial charge in [0.15, 0.2) is 0 Å². The molecule has 1 spiro atoms. The molecule has 2 heterocycles. The van der Waals surface area contributed by atoms with Crippen molar-refractivity contribution in [2.24, 2.45) is 5.41 Å². The molecule has 5 nitrogen and oxygen atoms in total. The molecule has 146 valence electrons. The van der Waals surface area contributed by atoms with Gasteiger partial charge in [-0.15, -0.1) is 0 Å². The molecule has 0 unspecified atom stereocenters. The number of amides is 2. The summed E-state index contributed by atoms with van der Waals surface area (Å²) in [4.78, 5) is 28.2. The Morgan fingerprint density at radius 2 is 1.67 bits per heavy atom. The van der Waals surface area contributed by atoms with Crippen molar-refractivity contribution in [2.75, 3.05) is 26.2 Å². The average Bonchev–Trinajstić information content (AvgIpc) is 2.57. The van der Waals surface area contributed by atoms with Crippen LogP contribution in [0.4, 0.5) is 4.79 Å². The SMILES string of the molecule is CC(C)(C)OC(=O)N1CCC2(CC1)CN(C(=O)/C=C/c1ccc(Br)cc1)C2. The third-order valence-electron chi connectivity index (χ3n) is 5.13. The molecule has 0 radical (unpaired) electrons. The summed E-state index contributed by atoms with van der Waals surface area (Å²) in [7, 11) is 0. The van der Waals surface area contributed by atoms with E-state index in [0.29, 0.717) is 13.1 Å². The molecule has 2 saturated heterocycles. The van der Waals surface area contributed by atoms with E-state index in [1.54, 1.807) is 11.0 Å². The number of carbonyl (C=O) groups excluding carboxylic acids is 2. The van der Waals surface area contributed by atoms with E-state index in [0.717, 1.165) is 36.0 Å². The van der Waals surface area contributed by atoms with E-state index in [1.165, 1.54) is 0 Å². The van der Waals surface area contributed by atoms with Gasteiger partial charge in [0.2, 0.25) is 5.91 Å². The van der Waals surface area contributed by atoms with Crippen molar-refractivity contribution < 1.29 is 14.3 Å². The smallest absolute Gasteiger partial charge is 0.410 e. The predicted molar refractivity (Wildman–Crippen MR) is 109 cm³/mol. The second kappa shape index (κ2) is 7.66. The van der Waals surface area contributed by atoms with Crippen LogP contribution in [0.25, 0.3) is 6.08 Å². The van der Waals surface area contributed by atoms with Gasteiger partial charge < -0.3 is 14.5 Å². The molecular formula is C21H27BrN2O3. The molecule has 2 fully saturated rings. The number of likely N-dealkylation sites (tertiary alicyclic amines) is 2. The zero-order chi connectivity index (χ0) is 19.7. The summed E-state index contributed by atoms with van der Waals surface area (Å²) >= 11 is 3.41. The van der Waals surface area contributed by atoms with Gasteiger partial charge in [0.25, 0.3) is 0 Å². The van der Waals surface area contributed by atoms with Crippen LogP contribution in [0.1, 0.15) is 39.2 Å². The minimum atomic E-state index is -0.465. The van der Waals surface area contributed by atoms with Crippen molar-refractivity contribution in [1.29, 1.82) is 0 Å². The first-order chi connectivity index (χ1) is 12.7. The van der Waals surface area contributed by atoms with E-state index < -0.39 is 5.60 Å². The number of piperidine rings is 1. The molecule has 0 atom stereocenters. The Kier molecular flexibility index (Phi) is 5.65. The third kappa shape index (κ3) is 5.12. The quantitative estimate of drug-likeness (QED) is 0.651. The minimum absolute atomic E-state index is 0.0538. The number of halogens is 1. The van der Waals surface area contributed by atoms with E-state index in [-0.39, 0.29) is 17.4 Å². The topological polar surface area (TPSA) is 49.9 Å². The van der Waals surface area contributed by atoms with Gasteiger partial charge in [-0.3, -0.25) is 4.79 Å². The molecule has 2 amide bonds. The van der Waals surface area contributed by atoms with E-state index in [2.05, 4.69) is 15.9 Å². The van der Waals surface area contributed by atoms with Crippen LogP contribution >= 0.6 is 15.9 Å². The summed E-state index contributed by atoms with van der Waals surface area (Å²) in [5.41, 5.74) is 0.708. The van der Waals surface area contributed by atoms with E-state index in [9.17, 15) is 9.59 Å². The maximum Gasteiger partial charge on any atom is 0.410 e. The summed E-state index contributed by atoms with van der Waals surface area (Å²) in [5.74, 6) is 0.0538. The second-order valence-electron chi connectivity index (χ2n) is 8.55. The second-order valence-corrected chi connectivity index (χ2v) is 9.46. The van der Waals surface area contributed by atoms with E-state index in [1.807, 2.05) is 56.0 Å². The maximum absolute atomic E-state index is 12.4. The monoisotopic (exact) mass is 434 g/mol. The number of benzene rings is 1. The lowest BCUT2D eigenvalue weighted by molar-refractivity contribution is -0.141. The van der Waals surface area contributed by atoms with Gasteiger partial charge in [0.1, 0.15) is 5.60 Å². The fraction of sp³-hybridized carbons (Fsp3) is 0.524. The van der Waals surface area contributed by atoms with Crippen molar-refractivity contribution in [3.63, 3.8) is 0 Å². The number of ether oxygens (including phenoxy) is 1. The number of carbonyl (C=O) groups is 2. The minimum Gasteiger partial charge on any atom is -0.444 e. The zero-order valence-electron chi connectivity index (χ0n) is 16.2. The first-order valence-corrected chi connectivity index (χ1v) is 10.2. The highest BCUT2D eigenvalue weighted by Gasteiger charge is 2.47. The lowest BCUT2D eigenvalue weighted by Gasteiger charge is -2.53. The molecule has 0 aliphatic carbocycles. The first-order valence-electron chi connectivity index (χ1n) is 9.36. The molecule has 2 aliphatic rings. The van der Waals surface area contributed by atoms with Crippen molar-refractivity contribution in [3.8, 4) is 0 Å². The van der Waals surface area contributed by atoms with E-state index >= 15 is 0 Å². The van der Waals surface area contributed by atoms with Gasteiger partial charge >= 0.3 is 6.09 Å². The number of rotatable bonds is 2.